The van der Waals surface area contributed by atoms with E-state index in [-0.39, 0.29) is 6.29 Å². The third kappa shape index (κ3) is 2.71. The van der Waals surface area contributed by atoms with Crippen molar-refractivity contribution in [3.8, 4) is 0 Å². The van der Waals surface area contributed by atoms with Crippen molar-refractivity contribution in [1.82, 2.24) is 9.80 Å². The summed E-state index contributed by atoms with van der Waals surface area (Å²) >= 11 is 0. The fourth-order valence-electron chi connectivity index (χ4n) is 3.51. The molecule has 2 saturated heterocycles. The summed E-state index contributed by atoms with van der Waals surface area (Å²) in [5.74, 6) is 1.17. The number of anilines is 1. The number of piperidine rings is 1. The van der Waals surface area contributed by atoms with E-state index in [4.69, 9.17) is 9.73 Å². The molecule has 2 fully saturated rings. The maximum absolute atomic E-state index is 5.47. The highest BCUT2D eigenvalue weighted by Gasteiger charge is 2.28. The fraction of sp³-hybridized carbons (Fsp3) is 0.588. The third-order valence-electron chi connectivity index (χ3n) is 4.74. The zero-order valence-electron chi connectivity index (χ0n) is 13.0. The zero-order chi connectivity index (χ0) is 14.8. The Kier molecular flexibility index (Phi) is 3.99. The molecule has 0 spiro atoms. The lowest BCUT2D eigenvalue weighted by molar-refractivity contribution is 0.0232. The van der Waals surface area contributed by atoms with Crippen molar-refractivity contribution in [2.24, 2.45) is 4.99 Å². The number of benzene rings is 1. The average Bonchev–Trinajstić information content (AvgIpc) is 2.62. The Bertz CT molecular complexity index is 547. The number of ether oxygens (including phenoxy) is 1. The van der Waals surface area contributed by atoms with Gasteiger partial charge in [0.05, 0.1) is 13.2 Å². The number of hydrogen-bond donors (Lipinski definition) is 1. The first-order chi connectivity index (χ1) is 10.9. The zero-order valence-corrected chi connectivity index (χ0v) is 13.0. The van der Waals surface area contributed by atoms with Gasteiger partial charge in [-0.25, -0.2) is 4.99 Å². The van der Waals surface area contributed by atoms with Crippen molar-refractivity contribution in [2.45, 2.75) is 25.6 Å². The van der Waals surface area contributed by atoms with Crippen LogP contribution in [0.15, 0.2) is 29.3 Å². The van der Waals surface area contributed by atoms with Crippen molar-refractivity contribution >= 4 is 11.5 Å². The highest BCUT2D eigenvalue weighted by atomic mass is 16.5. The summed E-state index contributed by atoms with van der Waals surface area (Å²) in [7, 11) is 0. The maximum Gasteiger partial charge on any atom is 0.178 e. The Morgan fingerprint density at radius 1 is 1.00 bits per heavy atom. The van der Waals surface area contributed by atoms with E-state index in [0.29, 0.717) is 0 Å². The second-order valence-corrected chi connectivity index (χ2v) is 6.21. The fourth-order valence-corrected chi connectivity index (χ4v) is 3.51. The van der Waals surface area contributed by atoms with Crippen LogP contribution in [0.5, 0.6) is 0 Å². The van der Waals surface area contributed by atoms with Gasteiger partial charge in [0.1, 0.15) is 5.84 Å². The van der Waals surface area contributed by atoms with Gasteiger partial charge in [0.2, 0.25) is 0 Å². The number of nitrogens with one attached hydrogen (secondary N) is 1. The first-order valence-corrected chi connectivity index (χ1v) is 8.42. The molecule has 1 atom stereocenters. The molecule has 5 nitrogen and oxygen atoms in total. The van der Waals surface area contributed by atoms with Gasteiger partial charge >= 0.3 is 0 Å². The first kappa shape index (κ1) is 14.0. The van der Waals surface area contributed by atoms with Crippen molar-refractivity contribution in [3.63, 3.8) is 0 Å². The SMILES string of the molecule is c1ccc2c(c1)NC(N1CCOCC1)N=C2N1CCCCC1. The summed E-state index contributed by atoms with van der Waals surface area (Å²) in [5, 5.41) is 3.59. The molecule has 1 aromatic carbocycles. The molecule has 0 bridgehead atoms. The van der Waals surface area contributed by atoms with Gasteiger partial charge < -0.3 is 15.0 Å². The number of rotatable bonds is 1. The Morgan fingerprint density at radius 3 is 2.59 bits per heavy atom. The predicted molar refractivity (Wildman–Crippen MR) is 88.2 cm³/mol. The van der Waals surface area contributed by atoms with Crippen LogP contribution >= 0.6 is 0 Å². The van der Waals surface area contributed by atoms with E-state index in [9.17, 15) is 0 Å². The molecular weight excluding hydrogens is 276 g/mol. The van der Waals surface area contributed by atoms with Gasteiger partial charge in [-0.3, -0.25) is 4.90 Å². The van der Waals surface area contributed by atoms with Crippen LogP contribution in [0.2, 0.25) is 0 Å². The molecule has 118 valence electrons. The Morgan fingerprint density at radius 2 is 1.77 bits per heavy atom. The minimum Gasteiger partial charge on any atom is -0.379 e. The smallest absolute Gasteiger partial charge is 0.178 e. The van der Waals surface area contributed by atoms with Crippen LogP contribution in [0.1, 0.15) is 24.8 Å². The molecule has 3 aliphatic rings. The van der Waals surface area contributed by atoms with Crippen LogP contribution in [0, 0.1) is 0 Å². The highest BCUT2D eigenvalue weighted by Crippen LogP contribution is 2.26. The summed E-state index contributed by atoms with van der Waals surface area (Å²) in [6.45, 7) is 5.74. The van der Waals surface area contributed by atoms with Gasteiger partial charge in [-0.2, -0.15) is 0 Å². The number of fused-ring (bicyclic) bond motifs is 1. The third-order valence-corrected chi connectivity index (χ3v) is 4.74. The van der Waals surface area contributed by atoms with Crippen LogP contribution in [-0.2, 0) is 4.74 Å². The first-order valence-electron chi connectivity index (χ1n) is 8.42. The van der Waals surface area contributed by atoms with Crippen LogP contribution in [0.25, 0.3) is 0 Å². The molecule has 0 radical (unpaired) electrons. The molecule has 3 aliphatic heterocycles. The van der Waals surface area contributed by atoms with Gasteiger partial charge in [0.15, 0.2) is 6.29 Å². The Balaban J connectivity index is 1.65. The van der Waals surface area contributed by atoms with E-state index in [1.54, 1.807) is 0 Å². The molecule has 3 heterocycles. The molecule has 4 rings (SSSR count). The molecule has 5 heteroatoms. The van der Waals surface area contributed by atoms with Crippen molar-refractivity contribution in [2.75, 3.05) is 44.7 Å². The number of morpholine rings is 1. The minimum atomic E-state index is 0.0377. The molecule has 0 saturated carbocycles. The number of aliphatic imine (C=N–C) groups is 1. The molecule has 0 aromatic heterocycles. The van der Waals surface area contributed by atoms with Crippen molar-refractivity contribution < 1.29 is 4.74 Å². The molecule has 0 aliphatic carbocycles. The minimum absolute atomic E-state index is 0.0377. The summed E-state index contributed by atoms with van der Waals surface area (Å²) in [5.41, 5.74) is 2.45. The van der Waals surface area contributed by atoms with E-state index < -0.39 is 0 Å². The van der Waals surface area contributed by atoms with E-state index in [1.165, 1.54) is 36.3 Å². The standard InChI is InChI=1S/C17H24N4O/c1-4-8-20(9-5-1)16-14-6-2-3-7-15(14)18-17(19-16)21-10-12-22-13-11-21/h2-3,6-7,17-18H,1,4-5,8-13H2. The molecule has 22 heavy (non-hydrogen) atoms. The topological polar surface area (TPSA) is 40.1 Å². The van der Waals surface area contributed by atoms with Crippen LogP contribution in [0.3, 0.4) is 0 Å². The van der Waals surface area contributed by atoms with Gasteiger partial charge in [-0.15, -0.1) is 0 Å². The molecule has 0 amide bonds. The van der Waals surface area contributed by atoms with Gasteiger partial charge in [-0.05, 0) is 31.4 Å². The second-order valence-electron chi connectivity index (χ2n) is 6.21. The number of likely N-dealkylation sites (tertiary alicyclic amines) is 1. The molecule has 1 aromatic rings. The Labute approximate surface area is 132 Å². The average molecular weight is 300 g/mol. The van der Waals surface area contributed by atoms with Gasteiger partial charge in [0, 0.05) is 37.4 Å². The Hall–Kier alpha value is -1.59. The predicted octanol–water partition coefficient (Wildman–Crippen LogP) is 1.96. The number of nitrogens with zero attached hydrogens (tertiary/aromatic N) is 3. The maximum atomic E-state index is 5.47. The van der Waals surface area contributed by atoms with Crippen molar-refractivity contribution in [3.05, 3.63) is 29.8 Å². The number of amidine groups is 1. The lowest BCUT2D eigenvalue weighted by atomic mass is 10.1. The van der Waals surface area contributed by atoms with Gasteiger partial charge in [0.25, 0.3) is 0 Å². The largest absolute Gasteiger partial charge is 0.379 e. The van der Waals surface area contributed by atoms with Crippen molar-refractivity contribution in [1.29, 1.82) is 0 Å². The number of hydrogen-bond acceptors (Lipinski definition) is 5. The summed E-state index contributed by atoms with van der Waals surface area (Å²) in [4.78, 5) is 9.92. The van der Waals surface area contributed by atoms with E-state index in [1.807, 2.05) is 0 Å². The van der Waals surface area contributed by atoms with E-state index in [0.717, 1.165) is 39.4 Å². The number of para-hydroxylation sites is 1. The summed E-state index contributed by atoms with van der Waals surface area (Å²) in [6, 6.07) is 8.56. The monoisotopic (exact) mass is 300 g/mol. The lowest BCUT2D eigenvalue weighted by Crippen LogP contribution is -2.50. The quantitative estimate of drug-likeness (QED) is 0.861. The normalized spacial score (nSPS) is 26.1. The summed E-state index contributed by atoms with van der Waals surface area (Å²) < 4.78 is 5.47. The van der Waals surface area contributed by atoms with E-state index >= 15 is 0 Å². The molecule has 1 N–H and O–H groups in total. The molecule has 1 unspecified atom stereocenters. The van der Waals surface area contributed by atoms with Crippen LogP contribution in [-0.4, -0.2) is 61.3 Å². The van der Waals surface area contributed by atoms with Crippen LogP contribution < -0.4 is 5.32 Å². The highest BCUT2D eigenvalue weighted by molar-refractivity contribution is 6.04. The lowest BCUT2D eigenvalue weighted by Gasteiger charge is -2.39. The second kappa shape index (κ2) is 6.26. The summed E-state index contributed by atoms with van der Waals surface area (Å²) in [6.07, 6.45) is 3.93. The van der Waals surface area contributed by atoms with E-state index in [2.05, 4.69) is 39.4 Å². The van der Waals surface area contributed by atoms with Crippen LogP contribution in [0.4, 0.5) is 5.69 Å². The van der Waals surface area contributed by atoms with Gasteiger partial charge in [-0.1, -0.05) is 12.1 Å². The molecular formula is C17H24N4O.